The summed E-state index contributed by atoms with van der Waals surface area (Å²) in [4.78, 5) is 15.3. The van der Waals surface area contributed by atoms with Crippen LogP contribution in [0.4, 0.5) is 5.69 Å². The highest BCUT2D eigenvalue weighted by molar-refractivity contribution is 7.19. The lowest BCUT2D eigenvalue weighted by Crippen LogP contribution is -2.44. The Kier molecular flexibility index (Phi) is 8.55. The number of halogens is 1. The van der Waals surface area contributed by atoms with E-state index in [9.17, 15) is 9.90 Å². The molecule has 9 nitrogen and oxygen atoms in total. The van der Waals surface area contributed by atoms with E-state index in [-0.39, 0.29) is 30.4 Å². The molecule has 4 N–H and O–H groups in total. The van der Waals surface area contributed by atoms with Crippen molar-refractivity contribution in [2.75, 3.05) is 45.4 Å². The predicted octanol–water partition coefficient (Wildman–Crippen LogP) is 3.93. The Hall–Kier alpha value is -3.21. The number of nitrogen functional groups attached to an aromatic ring is 1. The van der Waals surface area contributed by atoms with E-state index in [0.717, 1.165) is 33.7 Å². The first-order chi connectivity index (χ1) is 16.7. The molecule has 2 heterocycles. The lowest BCUT2D eigenvalue weighted by Gasteiger charge is -2.30. The van der Waals surface area contributed by atoms with Gasteiger partial charge in [-0.15, -0.1) is 23.7 Å². The number of fused-ring (bicyclic) bond motifs is 1. The molecule has 0 spiro atoms. The minimum absolute atomic E-state index is 0. The second kappa shape index (κ2) is 11.2. The van der Waals surface area contributed by atoms with Crippen LogP contribution in [0.1, 0.15) is 17.4 Å². The molecule has 1 fully saturated rings. The number of hydrogen-bond donors (Lipinski definition) is 3. The Labute approximate surface area is 219 Å². The minimum Gasteiger partial charge on any atom is -0.493 e. The number of nitrogens with one attached hydrogen (secondary N) is 1. The maximum absolute atomic E-state index is 12.4. The van der Waals surface area contributed by atoms with Gasteiger partial charge in [-0.2, -0.15) is 0 Å². The molecule has 0 radical (unpaired) electrons. The van der Waals surface area contributed by atoms with Crippen molar-refractivity contribution in [1.82, 2.24) is 0 Å². The summed E-state index contributed by atoms with van der Waals surface area (Å²) in [6.45, 7) is 4.23. The number of anilines is 1. The Bertz CT molecular complexity index is 1220. The quantitative estimate of drug-likeness (QED) is 0.278. The number of rotatable bonds is 9. The van der Waals surface area contributed by atoms with Crippen molar-refractivity contribution in [3.8, 4) is 17.2 Å². The van der Waals surface area contributed by atoms with Gasteiger partial charge in [-0.05, 0) is 42.6 Å². The molecule has 1 aliphatic heterocycles. The van der Waals surface area contributed by atoms with Crippen LogP contribution in [0.25, 0.3) is 10.1 Å². The number of carbonyl (C=O) groups is 1. The number of aliphatic carboxylic acids is 1. The first-order valence-corrected chi connectivity index (χ1v) is 11.9. The Morgan fingerprint density at radius 3 is 2.42 bits per heavy atom. The molecule has 3 aromatic rings. The zero-order valence-corrected chi connectivity index (χ0v) is 22.0. The molecule has 194 valence electrons. The second-order valence-electron chi connectivity index (χ2n) is 8.47. The number of thiophene rings is 1. The van der Waals surface area contributed by atoms with Gasteiger partial charge in [0, 0.05) is 40.8 Å². The number of methoxy groups -OCH3 is 2. The third-order valence-electron chi connectivity index (χ3n) is 6.00. The molecule has 1 unspecified atom stereocenters. The fourth-order valence-corrected chi connectivity index (χ4v) is 5.29. The first kappa shape index (κ1) is 27.4. The van der Waals surface area contributed by atoms with Crippen LogP contribution in [-0.4, -0.2) is 63.0 Å². The summed E-state index contributed by atoms with van der Waals surface area (Å²) in [5.41, 5.74) is 5.51. The average molecular weight is 536 g/mol. The largest absolute Gasteiger partial charge is 0.493 e. The number of benzene rings is 2. The summed E-state index contributed by atoms with van der Waals surface area (Å²) in [7, 11) is 3.15. The molecule has 0 saturated carbocycles. The summed E-state index contributed by atoms with van der Waals surface area (Å²) >= 11 is 1.47. The highest BCUT2D eigenvalue weighted by Gasteiger charge is 2.37. The molecule has 1 atom stereocenters. The second-order valence-corrected chi connectivity index (χ2v) is 9.63. The van der Waals surface area contributed by atoms with Gasteiger partial charge in [0.2, 0.25) is 5.60 Å². The molecule has 1 aliphatic rings. The van der Waals surface area contributed by atoms with Crippen molar-refractivity contribution >= 4 is 51.3 Å². The minimum atomic E-state index is -1.58. The van der Waals surface area contributed by atoms with Crippen LogP contribution in [0.2, 0.25) is 0 Å². The first-order valence-electron chi connectivity index (χ1n) is 11.1. The Morgan fingerprint density at radius 2 is 1.81 bits per heavy atom. The molecule has 2 aromatic carbocycles. The SMILES string of the molecule is COc1cc2cc(CC(C)(Oc3ccc(N4CCOCC4)cc3C(=N)N)C(=O)O)sc2cc1OC.Cl. The van der Waals surface area contributed by atoms with E-state index in [1.807, 2.05) is 24.3 Å². The number of carboxylic acids is 1. The summed E-state index contributed by atoms with van der Waals surface area (Å²) in [5.74, 6) is 0.162. The van der Waals surface area contributed by atoms with Crippen LogP contribution < -0.4 is 24.8 Å². The molecule has 0 aliphatic carbocycles. The summed E-state index contributed by atoms with van der Waals surface area (Å²) < 4.78 is 23.2. The zero-order valence-electron chi connectivity index (χ0n) is 20.3. The monoisotopic (exact) mass is 535 g/mol. The predicted molar refractivity (Wildman–Crippen MR) is 143 cm³/mol. The van der Waals surface area contributed by atoms with Gasteiger partial charge in [-0.1, -0.05) is 0 Å². The molecule has 36 heavy (non-hydrogen) atoms. The number of amidine groups is 1. The Morgan fingerprint density at radius 1 is 1.14 bits per heavy atom. The van der Waals surface area contributed by atoms with Crippen LogP contribution in [0.15, 0.2) is 36.4 Å². The highest BCUT2D eigenvalue weighted by Crippen LogP contribution is 2.38. The van der Waals surface area contributed by atoms with E-state index in [1.165, 1.54) is 18.3 Å². The van der Waals surface area contributed by atoms with Gasteiger partial charge < -0.3 is 34.7 Å². The molecule has 11 heteroatoms. The van der Waals surface area contributed by atoms with Gasteiger partial charge in [0.05, 0.1) is 33.0 Å². The van der Waals surface area contributed by atoms with Gasteiger partial charge >= 0.3 is 5.97 Å². The lowest BCUT2D eigenvalue weighted by molar-refractivity contribution is -0.153. The fraction of sp³-hybridized carbons (Fsp3) is 0.360. The van der Waals surface area contributed by atoms with Crippen LogP contribution in [0, 0.1) is 5.41 Å². The van der Waals surface area contributed by atoms with Crippen LogP contribution in [0.3, 0.4) is 0 Å². The van der Waals surface area contributed by atoms with Crippen molar-refractivity contribution < 1.29 is 28.8 Å². The molecule has 4 rings (SSSR count). The number of carboxylic acid groups (broad SMARTS) is 1. The standard InChI is InChI=1S/C25H29N3O6S.ClH/c1-25(24(29)30,14-17-10-15-11-20(31-2)21(32-3)13-22(15)35-17)34-19-5-4-16(12-18(19)23(26)27)28-6-8-33-9-7-28;/h4-5,10-13H,6-9,14H2,1-3H3,(H3,26,27)(H,29,30);1H. The summed E-state index contributed by atoms with van der Waals surface area (Å²) in [6, 6.07) is 11.0. The molecule has 0 bridgehead atoms. The van der Waals surface area contributed by atoms with Gasteiger partial charge in [0.1, 0.15) is 11.6 Å². The number of morpholine rings is 1. The third kappa shape index (κ3) is 5.61. The van der Waals surface area contributed by atoms with Crippen molar-refractivity contribution in [2.45, 2.75) is 18.9 Å². The number of nitrogens with zero attached hydrogens (tertiary/aromatic N) is 1. The van der Waals surface area contributed by atoms with Crippen molar-refractivity contribution in [1.29, 1.82) is 5.41 Å². The van der Waals surface area contributed by atoms with Gasteiger partial charge in [0.15, 0.2) is 11.5 Å². The average Bonchev–Trinajstić information content (AvgIpc) is 3.24. The maximum Gasteiger partial charge on any atom is 0.348 e. The van der Waals surface area contributed by atoms with Crippen molar-refractivity contribution in [2.24, 2.45) is 5.73 Å². The molecule has 1 saturated heterocycles. The van der Waals surface area contributed by atoms with E-state index in [1.54, 1.807) is 26.4 Å². The zero-order chi connectivity index (χ0) is 25.2. The van der Waals surface area contributed by atoms with E-state index in [4.69, 9.17) is 30.1 Å². The Balaban J connectivity index is 0.00000361. The van der Waals surface area contributed by atoms with Gasteiger partial charge in [-0.25, -0.2) is 4.79 Å². The molecular formula is C25H30ClN3O6S. The lowest BCUT2D eigenvalue weighted by atomic mass is 10.00. The topological polar surface area (TPSA) is 127 Å². The summed E-state index contributed by atoms with van der Waals surface area (Å²) in [5, 5.41) is 19.1. The number of hydrogen-bond acceptors (Lipinski definition) is 8. The third-order valence-corrected chi connectivity index (χ3v) is 7.10. The molecule has 0 amide bonds. The molecular weight excluding hydrogens is 506 g/mol. The molecule has 1 aromatic heterocycles. The van der Waals surface area contributed by atoms with Crippen LogP contribution in [0.5, 0.6) is 17.2 Å². The smallest absolute Gasteiger partial charge is 0.348 e. The van der Waals surface area contributed by atoms with Crippen LogP contribution >= 0.6 is 23.7 Å². The highest BCUT2D eigenvalue weighted by atomic mass is 35.5. The van der Waals surface area contributed by atoms with Crippen molar-refractivity contribution in [3.05, 3.63) is 46.8 Å². The maximum atomic E-state index is 12.4. The van der Waals surface area contributed by atoms with E-state index in [0.29, 0.717) is 30.3 Å². The number of nitrogens with two attached hydrogens (primary N) is 1. The van der Waals surface area contributed by atoms with E-state index < -0.39 is 11.6 Å². The van der Waals surface area contributed by atoms with E-state index in [2.05, 4.69) is 4.90 Å². The summed E-state index contributed by atoms with van der Waals surface area (Å²) in [6.07, 6.45) is 0.120. The number of ether oxygens (including phenoxy) is 4. The fourth-order valence-electron chi connectivity index (χ4n) is 4.07. The normalized spacial score (nSPS) is 15.0. The van der Waals surface area contributed by atoms with Crippen molar-refractivity contribution in [3.63, 3.8) is 0 Å². The van der Waals surface area contributed by atoms with Gasteiger partial charge in [0.25, 0.3) is 0 Å². The van der Waals surface area contributed by atoms with Gasteiger partial charge in [-0.3, -0.25) is 5.41 Å². The van der Waals surface area contributed by atoms with Crippen LogP contribution in [-0.2, 0) is 16.0 Å². The van der Waals surface area contributed by atoms with E-state index >= 15 is 0 Å².